The summed E-state index contributed by atoms with van der Waals surface area (Å²) >= 11 is 0. The number of hydrogen-bond acceptors (Lipinski definition) is 3. The monoisotopic (exact) mass is 293 g/mol. The van der Waals surface area contributed by atoms with E-state index in [1.807, 2.05) is 0 Å². The Labute approximate surface area is 129 Å². The molecule has 4 heteroatoms. The standard InChI is InChI=1S/C17H31N3O/c1-17(2,14-4-3-8-18-11-14)16(21)19-10-13-7-9-20(12-13)15-5-6-15/h13-15,18H,3-12H2,1-2H3,(H,19,21). The molecule has 120 valence electrons. The van der Waals surface area contributed by atoms with Crippen LogP contribution in [0, 0.1) is 17.3 Å². The molecule has 0 radical (unpaired) electrons. The molecule has 3 aliphatic rings. The van der Waals surface area contributed by atoms with Gasteiger partial charge in [0.15, 0.2) is 0 Å². The van der Waals surface area contributed by atoms with Crippen LogP contribution in [0.25, 0.3) is 0 Å². The average molecular weight is 293 g/mol. The van der Waals surface area contributed by atoms with Gasteiger partial charge in [0, 0.05) is 24.5 Å². The smallest absolute Gasteiger partial charge is 0.225 e. The molecule has 0 spiro atoms. The zero-order chi connectivity index (χ0) is 14.9. The Morgan fingerprint density at radius 1 is 1.29 bits per heavy atom. The van der Waals surface area contributed by atoms with Crippen molar-refractivity contribution in [3.63, 3.8) is 0 Å². The predicted octanol–water partition coefficient (Wildman–Crippen LogP) is 1.61. The fourth-order valence-corrected chi connectivity index (χ4v) is 3.92. The van der Waals surface area contributed by atoms with Gasteiger partial charge in [-0.2, -0.15) is 0 Å². The summed E-state index contributed by atoms with van der Waals surface area (Å²) in [4.78, 5) is 15.2. The lowest BCUT2D eigenvalue weighted by Crippen LogP contribution is -2.48. The second-order valence-electron chi connectivity index (χ2n) is 7.86. The van der Waals surface area contributed by atoms with Gasteiger partial charge < -0.3 is 15.5 Å². The van der Waals surface area contributed by atoms with Gasteiger partial charge in [-0.1, -0.05) is 13.8 Å². The second-order valence-corrected chi connectivity index (χ2v) is 7.86. The van der Waals surface area contributed by atoms with Crippen LogP contribution < -0.4 is 10.6 Å². The van der Waals surface area contributed by atoms with Crippen molar-refractivity contribution in [1.29, 1.82) is 0 Å². The molecule has 2 heterocycles. The Hall–Kier alpha value is -0.610. The Morgan fingerprint density at radius 3 is 2.76 bits per heavy atom. The molecule has 0 aromatic rings. The Morgan fingerprint density at radius 2 is 2.10 bits per heavy atom. The maximum Gasteiger partial charge on any atom is 0.225 e. The van der Waals surface area contributed by atoms with E-state index in [9.17, 15) is 4.79 Å². The van der Waals surface area contributed by atoms with Gasteiger partial charge >= 0.3 is 0 Å². The van der Waals surface area contributed by atoms with E-state index in [0.717, 1.165) is 25.7 Å². The lowest BCUT2D eigenvalue weighted by molar-refractivity contribution is -0.132. The zero-order valence-corrected chi connectivity index (χ0v) is 13.7. The number of rotatable bonds is 5. The van der Waals surface area contributed by atoms with Gasteiger partial charge in [0.25, 0.3) is 0 Å². The molecule has 0 aromatic heterocycles. The van der Waals surface area contributed by atoms with Crippen molar-refractivity contribution in [2.45, 2.75) is 52.0 Å². The van der Waals surface area contributed by atoms with E-state index >= 15 is 0 Å². The molecule has 2 unspecified atom stereocenters. The summed E-state index contributed by atoms with van der Waals surface area (Å²) < 4.78 is 0. The topological polar surface area (TPSA) is 44.4 Å². The summed E-state index contributed by atoms with van der Waals surface area (Å²) in [5, 5.41) is 6.68. The van der Waals surface area contributed by atoms with Gasteiger partial charge in [0.05, 0.1) is 0 Å². The van der Waals surface area contributed by atoms with Crippen LogP contribution in [0.1, 0.15) is 46.0 Å². The van der Waals surface area contributed by atoms with Crippen molar-refractivity contribution in [1.82, 2.24) is 15.5 Å². The van der Waals surface area contributed by atoms with Crippen LogP contribution in [0.5, 0.6) is 0 Å². The van der Waals surface area contributed by atoms with E-state index in [4.69, 9.17) is 0 Å². The highest BCUT2D eigenvalue weighted by molar-refractivity contribution is 5.82. The number of likely N-dealkylation sites (tertiary alicyclic amines) is 1. The van der Waals surface area contributed by atoms with Crippen LogP contribution in [0.4, 0.5) is 0 Å². The molecular weight excluding hydrogens is 262 g/mol. The summed E-state index contributed by atoms with van der Waals surface area (Å²) in [6, 6.07) is 0.871. The molecule has 2 aliphatic heterocycles. The van der Waals surface area contributed by atoms with Crippen LogP contribution in [0.3, 0.4) is 0 Å². The van der Waals surface area contributed by atoms with Gasteiger partial charge in [-0.25, -0.2) is 0 Å². The molecule has 3 fully saturated rings. The largest absolute Gasteiger partial charge is 0.355 e. The number of amides is 1. The summed E-state index contributed by atoms with van der Waals surface area (Å²) in [6.07, 6.45) is 6.40. The highest BCUT2D eigenvalue weighted by Gasteiger charge is 2.38. The van der Waals surface area contributed by atoms with E-state index in [1.165, 1.54) is 45.2 Å². The van der Waals surface area contributed by atoms with Crippen LogP contribution in [-0.4, -0.2) is 49.6 Å². The zero-order valence-electron chi connectivity index (χ0n) is 13.7. The van der Waals surface area contributed by atoms with Gasteiger partial charge in [-0.05, 0) is 63.6 Å². The van der Waals surface area contributed by atoms with Crippen molar-refractivity contribution in [2.24, 2.45) is 17.3 Å². The first-order valence-electron chi connectivity index (χ1n) is 8.80. The highest BCUT2D eigenvalue weighted by atomic mass is 16.2. The molecule has 3 rings (SSSR count). The SMILES string of the molecule is CC(C)(C(=O)NCC1CCN(C2CC2)C1)C1CCCNC1. The third kappa shape index (κ3) is 3.59. The summed E-state index contributed by atoms with van der Waals surface area (Å²) in [6.45, 7) is 9.62. The fourth-order valence-electron chi connectivity index (χ4n) is 3.92. The number of piperidine rings is 1. The van der Waals surface area contributed by atoms with Crippen molar-refractivity contribution >= 4 is 5.91 Å². The Bertz CT molecular complexity index is 372. The van der Waals surface area contributed by atoms with Crippen molar-refractivity contribution in [3.05, 3.63) is 0 Å². The molecular formula is C17H31N3O. The molecule has 2 N–H and O–H groups in total. The Balaban J connectivity index is 1.44. The molecule has 21 heavy (non-hydrogen) atoms. The number of hydrogen-bond donors (Lipinski definition) is 2. The second kappa shape index (κ2) is 6.25. The van der Waals surface area contributed by atoms with Gasteiger partial charge in [-0.15, -0.1) is 0 Å². The summed E-state index contributed by atoms with van der Waals surface area (Å²) in [7, 11) is 0. The molecule has 0 bridgehead atoms. The van der Waals surface area contributed by atoms with E-state index in [-0.39, 0.29) is 11.3 Å². The van der Waals surface area contributed by atoms with Crippen LogP contribution in [-0.2, 0) is 4.79 Å². The Kier molecular flexibility index (Phi) is 4.55. The first-order chi connectivity index (χ1) is 10.1. The lowest BCUT2D eigenvalue weighted by atomic mass is 9.74. The highest BCUT2D eigenvalue weighted by Crippen LogP contribution is 2.33. The van der Waals surface area contributed by atoms with Crippen LogP contribution in [0.15, 0.2) is 0 Å². The van der Waals surface area contributed by atoms with Crippen molar-refractivity contribution in [2.75, 3.05) is 32.7 Å². The normalized spacial score (nSPS) is 31.3. The van der Waals surface area contributed by atoms with E-state index < -0.39 is 0 Å². The van der Waals surface area contributed by atoms with Crippen LogP contribution >= 0.6 is 0 Å². The van der Waals surface area contributed by atoms with Gasteiger partial charge in [0.2, 0.25) is 5.91 Å². The minimum absolute atomic E-state index is 0.248. The first kappa shape index (κ1) is 15.3. The maximum absolute atomic E-state index is 12.6. The number of nitrogens with zero attached hydrogens (tertiary/aromatic N) is 1. The molecule has 1 saturated carbocycles. The minimum atomic E-state index is -0.248. The number of nitrogens with one attached hydrogen (secondary N) is 2. The van der Waals surface area contributed by atoms with Crippen molar-refractivity contribution in [3.8, 4) is 0 Å². The van der Waals surface area contributed by atoms with E-state index in [1.54, 1.807) is 0 Å². The number of carbonyl (C=O) groups is 1. The first-order valence-corrected chi connectivity index (χ1v) is 8.80. The molecule has 2 atom stereocenters. The van der Waals surface area contributed by atoms with Crippen molar-refractivity contribution < 1.29 is 4.79 Å². The average Bonchev–Trinajstić information content (AvgIpc) is 3.24. The van der Waals surface area contributed by atoms with E-state index in [0.29, 0.717) is 11.8 Å². The summed E-state index contributed by atoms with van der Waals surface area (Å²) in [5.41, 5.74) is -0.248. The van der Waals surface area contributed by atoms with Crippen LogP contribution in [0.2, 0.25) is 0 Å². The fraction of sp³-hybridized carbons (Fsp3) is 0.941. The minimum Gasteiger partial charge on any atom is -0.355 e. The third-order valence-electron chi connectivity index (χ3n) is 5.83. The summed E-state index contributed by atoms with van der Waals surface area (Å²) in [5.74, 6) is 1.38. The quantitative estimate of drug-likeness (QED) is 0.809. The molecule has 4 nitrogen and oxygen atoms in total. The predicted molar refractivity (Wildman–Crippen MR) is 85.1 cm³/mol. The number of carbonyl (C=O) groups excluding carboxylic acids is 1. The lowest BCUT2D eigenvalue weighted by Gasteiger charge is -2.36. The maximum atomic E-state index is 12.6. The van der Waals surface area contributed by atoms with E-state index in [2.05, 4.69) is 29.4 Å². The molecule has 2 saturated heterocycles. The van der Waals surface area contributed by atoms with Gasteiger partial charge in [-0.3, -0.25) is 4.79 Å². The third-order valence-corrected chi connectivity index (χ3v) is 5.83. The molecule has 1 amide bonds. The molecule has 0 aromatic carbocycles. The molecule has 1 aliphatic carbocycles. The van der Waals surface area contributed by atoms with Gasteiger partial charge in [0.1, 0.15) is 0 Å².